The third-order valence-electron chi connectivity index (χ3n) is 5.80. The molecule has 3 atom stereocenters. The van der Waals surface area contributed by atoms with Crippen molar-refractivity contribution in [2.75, 3.05) is 45.8 Å². The van der Waals surface area contributed by atoms with Crippen LogP contribution < -0.4 is 5.32 Å². The normalized spacial score (nSPS) is 30.1. The van der Waals surface area contributed by atoms with E-state index in [1.54, 1.807) is 0 Å². The Hall–Kier alpha value is -1.14. The fraction of sp³-hybridized carbons (Fsp3) is 0.895. The molecular formula is C19H34N4O2. The molecule has 25 heavy (non-hydrogen) atoms. The Morgan fingerprint density at radius 2 is 1.64 bits per heavy atom. The van der Waals surface area contributed by atoms with Crippen LogP contribution in [0.1, 0.15) is 40.0 Å². The number of piperazine rings is 1. The summed E-state index contributed by atoms with van der Waals surface area (Å²) in [6.07, 6.45) is 3.49. The predicted octanol–water partition coefficient (Wildman–Crippen LogP) is 0.776. The summed E-state index contributed by atoms with van der Waals surface area (Å²) in [5.74, 6) is 1.62. The van der Waals surface area contributed by atoms with Gasteiger partial charge in [0.1, 0.15) is 0 Å². The molecule has 0 aromatic carbocycles. The minimum atomic E-state index is -0.0556. The minimum Gasteiger partial charge on any atom is -0.352 e. The van der Waals surface area contributed by atoms with E-state index in [0.29, 0.717) is 24.4 Å². The van der Waals surface area contributed by atoms with Crippen LogP contribution in [-0.4, -0.2) is 84.4 Å². The summed E-state index contributed by atoms with van der Waals surface area (Å²) in [5, 5.41) is 3.05. The second-order valence-electron chi connectivity index (χ2n) is 8.52. The summed E-state index contributed by atoms with van der Waals surface area (Å²) in [6, 6.07) is 0.376. The van der Waals surface area contributed by atoms with Crippen LogP contribution in [0.5, 0.6) is 0 Å². The number of hydrogen-bond acceptors (Lipinski definition) is 4. The first-order valence-corrected chi connectivity index (χ1v) is 9.97. The van der Waals surface area contributed by atoms with Gasteiger partial charge in [0.25, 0.3) is 0 Å². The number of nitrogens with one attached hydrogen (secondary N) is 1. The molecule has 0 aromatic rings. The highest BCUT2D eigenvalue weighted by molar-refractivity contribution is 5.81. The van der Waals surface area contributed by atoms with Crippen LogP contribution in [0.2, 0.25) is 0 Å². The van der Waals surface area contributed by atoms with Crippen LogP contribution in [-0.2, 0) is 9.59 Å². The van der Waals surface area contributed by atoms with Gasteiger partial charge >= 0.3 is 0 Å². The summed E-state index contributed by atoms with van der Waals surface area (Å²) in [4.78, 5) is 31.4. The molecular weight excluding hydrogens is 316 g/mol. The lowest BCUT2D eigenvalue weighted by molar-refractivity contribution is -0.140. The minimum absolute atomic E-state index is 0.0556. The zero-order chi connectivity index (χ0) is 18.0. The van der Waals surface area contributed by atoms with Crippen LogP contribution in [0.15, 0.2) is 0 Å². The van der Waals surface area contributed by atoms with Gasteiger partial charge in [-0.1, -0.05) is 13.8 Å². The van der Waals surface area contributed by atoms with E-state index in [-0.39, 0.29) is 17.9 Å². The van der Waals surface area contributed by atoms with E-state index >= 15 is 0 Å². The molecule has 0 bridgehead atoms. The molecule has 3 rings (SSSR count). The quantitative estimate of drug-likeness (QED) is 0.796. The van der Waals surface area contributed by atoms with Gasteiger partial charge in [-0.25, -0.2) is 0 Å². The lowest BCUT2D eigenvalue weighted by Gasteiger charge is -2.41. The third-order valence-corrected chi connectivity index (χ3v) is 5.80. The average Bonchev–Trinajstić information content (AvgIpc) is 3.37. The SMILES string of the molecule is C[C@@H]1C[C@@H](C)CN(C(=O)[C@@H](C)N2CCN(CC(=O)NC3CC3)CC2)C1. The fourth-order valence-electron chi connectivity index (χ4n) is 4.28. The second-order valence-corrected chi connectivity index (χ2v) is 8.52. The molecule has 1 N–H and O–H groups in total. The van der Waals surface area contributed by atoms with Crippen molar-refractivity contribution < 1.29 is 9.59 Å². The Balaban J connectivity index is 1.43. The van der Waals surface area contributed by atoms with Gasteiger partial charge < -0.3 is 10.2 Å². The van der Waals surface area contributed by atoms with Crippen molar-refractivity contribution in [3.63, 3.8) is 0 Å². The highest BCUT2D eigenvalue weighted by atomic mass is 16.2. The summed E-state index contributed by atoms with van der Waals surface area (Å²) in [5.41, 5.74) is 0. The standard InChI is InChI=1S/C19H34N4O2/c1-14-10-15(2)12-23(11-14)19(25)16(3)22-8-6-21(7-9-22)13-18(24)20-17-4-5-17/h14-17H,4-13H2,1-3H3,(H,20,24)/t14-,15-,16-/m1/s1. The first kappa shape index (κ1) is 18.6. The first-order valence-electron chi connectivity index (χ1n) is 9.97. The number of carbonyl (C=O) groups is 2. The van der Waals surface area contributed by atoms with Crippen LogP contribution in [0.25, 0.3) is 0 Å². The van der Waals surface area contributed by atoms with Crippen molar-refractivity contribution in [3.05, 3.63) is 0 Å². The monoisotopic (exact) mass is 350 g/mol. The van der Waals surface area contributed by atoms with E-state index in [1.807, 2.05) is 6.92 Å². The van der Waals surface area contributed by atoms with E-state index in [2.05, 4.69) is 33.9 Å². The summed E-state index contributed by atoms with van der Waals surface area (Å²) >= 11 is 0. The van der Waals surface area contributed by atoms with Crippen LogP contribution in [0, 0.1) is 11.8 Å². The number of rotatable bonds is 5. The van der Waals surface area contributed by atoms with Crippen molar-refractivity contribution in [1.29, 1.82) is 0 Å². The molecule has 6 heteroatoms. The molecule has 2 amide bonds. The molecule has 3 aliphatic rings. The van der Waals surface area contributed by atoms with Gasteiger partial charge in [-0.2, -0.15) is 0 Å². The molecule has 3 fully saturated rings. The van der Waals surface area contributed by atoms with Crippen LogP contribution in [0.3, 0.4) is 0 Å². The highest BCUT2D eigenvalue weighted by Gasteiger charge is 2.32. The first-order chi connectivity index (χ1) is 11.9. The fourth-order valence-corrected chi connectivity index (χ4v) is 4.28. The summed E-state index contributed by atoms with van der Waals surface area (Å²) in [7, 11) is 0. The van der Waals surface area contributed by atoms with Crippen LogP contribution in [0.4, 0.5) is 0 Å². The topological polar surface area (TPSA) is 55.9 Å². The second kappa shape index (κ2) is 8.04. The van der Waals surface area contributed by atoms with E-state index in [4.69, 9.17) is 0 Å². The largest absolute Gasteiger partial charge is 0.352 e. The van der Waals surface area contributed by atoms with Crippen molar-refractivity contribution in [3.8, 4) is 0 Å². The maximum absolute atomic E-state index is 12.9. The Bertz CT molecular complexity index is 476. The van der Waals surface area contributed by atoms with E-state index < -0.39 is 0 Å². The van der Waals surface area contributed by atoms with Crippen molar-refractivity contribution >= 4 is 11.8 Å². The molecule has 0 radical (unpaired) electrons. The molecule has 0 unspecified atom stereocenters. The van der Waals surface area contributed by atoms with Gasteiger partial charge in [0, 0.05) is 45.3 Å². The average molecular weight is 351 g/mol. The van der Waals surface area contributed by atoms with Crippen LogP contribution >= 0.6 is 0 Å². The number of hydrogen-bond donors (Lipinski definition) is 1. The Morgan fingerprint density at radius 1 is 1.04 bits per heavy atom. The Morgan fingerprint density at radius 3 is 2.20 bits per heavy atom. The van der Waals surface area contributed by atoms with Gasteiger partial charge in [0.15, 0.2) is 0 Å². The predicted molar refractivity (Wildman–Crippen MR) is 98.2 cm³/mol. The number of amides is 2. The summed E-state index contributed by atoms with van der Waals surface area (Å²) in [6.45, 7) is 12.3. The molecule has 1 saturated carbocycles. The molecule has 142 valence electrons. The van der Waals surface area contributed by atoms with Crippen molar-refractivity contribution in [2.45, 2.75) is 52.1 Å². The number of likely N-dealkylation sites (tertiary alicyclic amines) is 1. The maximum Gasteiger partial charge on any atom is 0.239 e. The van der Waals surface area contributed by atoms with Gasteiger partial charge in [-0.3, -0.25) is 19.4 Å². The van der Waals surface area contributed by atoms with Crippen molar-refractivity contribution in [2.24, 2.45) is 11.8 Å². The molecule has 6 nitrogen and oxygen atoms in total. The molecule has 1 aliphatic carbocycles. The number of carbonyl (C=O) groups excluding carboxylic acids is 2. The van der Waals surface area contributed by atoms with Crippen molar-refractivity contribution in [1.82, 2.24) is 20.0 Å². The third kappa shape index (κ3) is 5.17. The van der Waals surface area contributed by atoms with E-state index in [1.165, 1.54) is 6.42 Å². The molecule has 2 saturated heterocycles. The molecule has 2 aliphatic heterocycles. The zero-order valence-electron chi connectivity index (χ0n) is 16.0. The highest BCUT2D eigenvalue weighted by Crippen LogP contribution is 2.22. The molecule has 0 aromatic heterocycles. The molecule has 0 spiro atoms. The number of nitrogens with zero attached hydrogens (tertiary/aromatic N) is 3. The van der Waals surface area contributed by atoms with E-state index in [9.17, 15) is 9.59 Å². The lowest BCUT2D eigenvalue weighted by atomic mass is 9.91. The summed E-state index contributed by atoms with van der Waals surface area (Å²) < 4.78 is 0. The zero-order valence-corrected chi connectivity index (χ0v) is 16.0. The Kier molecular flexibility index (Phi) is 6.00. The maximum atomic E-state index is 12.9. The number of piperidine rings is 1. The van der Waals surface area contributed by atoms with Gasteiger partial charge in [-0.15, -0.1) is 0 Å². The van der Waals surface area contributed by atoms with Gasteiger partial charge in [0.05, 0.1) is 12.6 Å². The smallest absolute Gasteiger partial charge is 0.239 e. The van der Waals surface area contributed by atoms with Gasteiger partial charge in [-0.05, 0) is 38.0 Å². The molecule has 2 heterocycles. The van der Waals surface area contributed by atoms with E-state index in [0.717, 1.165) is 52.1 Å². The van der Waals surface area contributed by atoms with Gasteiger partial charge in [0.2, 0.25) is 11.8 Å². The lowest BCUT2D eigenvalue weighted by Crippen LogP contribution is -2.57. The Labute approximate surface area is 151 Å².